The first-order chi connectivity index (χ1) is 11.6. The average molecular weight is 323 g/mol. The van der Waals surface area contributed by atoms with E-state index in [1.807, 2.05) is 0 Å². The van der Waals surface area contributed by atoms with E-state index < -0.39 is 5.82 Å². The zero-order chi connectivity index (χ0) is 16.7. The normalized spacial score (nSPS) is 11.1. The molecule has 0 bridgehead atoms. The van der Waals surface area contributed by atoms with Crippen molar-refractivity contribution in [2.75, 3.05) is 0 Å². The Morgan fingerprint density at radius 2 is 1.75 bits per heavy atom. The summed E-state index contributed by atoms with van der Waals surface area (Å²) in [5, 5.41) is 0.253. The van der Waals surface area contributed by atoms with E-state index in [1.165, 1.54) is 35.2 Å². The van der Waals surface area contributed by atoms with E-state index in [1.54, 1.807) is 41.4 Å². The van der Waals surface area contributed by atoms with Crippen LogP contribution in [-0.2, 0) is 0 Å². The van der Waals surface area contributed by atoms with E-state index in [2.05, 4.69) is 4.98 Å². The predicted octanol–water partition coefficient (Wildman–Crippen LogP) is 3.45. The number of nitrogens with zero attached hydrogens (tertiary/aromatic N) is 3. The molecule has 0 spiro atoms. The van der Waals surface area contributed by atoms with Gasteiger partial charge in [0.15, 0.2) is 5.43 Å². The van der Waals surface area contributed by atoms with Crippen LogP contribution in [0, 0.1) is 11.6 Å². The molecular formula is C18H11F2N3O. The van der Waals surface area contributed by atoms with Gasteiger partial charge in [-0.05, 0) is 36.4 Å². The van der Waals surface area contributed by atoms with Gasteiger partial charge in [-0.25, -0.2) is 13.8 Å². The highest BCUT2D eigenvalue weighted by Crippen LogP contribution is 2.22. The number of benzene rings is 2. The maximum absolute atomic E-state index is 14.4. The molecule has 4 aromatic rings. The van der Waals surface area contributed by atoms with Crippen molar-refractivity contribution in [1.29, 1.82) is 0 Å². The number of aromatic nitrogens is 3. The topological polar surface area (TPSA) is 39.8 Å². The predicted molar refractivity (Wildman–Crippen MR) is 86.6 cm³/mol. The summed E-state index contributed by atoms with van der Waals surface area (Å²) in [6.07, 6.45) is 6.23. The van der Waals surface area contributed by atoms with Crippen molar-refractivity contribution in [3.63, 3.8) is 0 Å². The van der Waals surface area contributed by atoms with Crippen LogP contribution >= 0.6 is 0 Å². The van der Waals surface area contributed by atoms with Crippen LogP contribution in [0.1, 0.15) is 0 Å². The molecule has 6 heteroatoms. The molecule has 0 saturated heterocycles. The molecule has 0 aliphatic heterocycles. The first-order valence-corrected chi connectivity index (χ1v) is 7.23. The van der Waals surface area contributed by atoms with Crippen LogP contribution in [0.15, 0.2) is 72.2 Å². The van der Waals surface area contributed by atoms with E-state index in [-0.39, 0.29) is 22.3 Å². The van der Waals surface area contributed by atoms with Gasteiger partial charge in [-0.15, -0.1) is 0 Å². The molecular weight excluding hydrogens is 312 g/mol. The molecule has 0 amide bonds. The monoisotopic (exact) mass is 323 g/mol. The van der Waals surface area contributed by atoms with E-state index in [9.17, 15) is 13.6 Å². The van der Waals surface area contributed by atoms with Crippen molar-refractivity contribution in [2.24, 2.45) is 0 Å². The third-order valence-electron chi connectivity index (χ3n) is 3.85. The maximum Gasteiger partial charge on any atom is 0.189 e. The van der Waals surface area contributed by atoms with Crippen molar-refractivity contribution < 1.29 is 8.78 Å². The second kappa shape index (κ2) is 5.42. The largest absolute Gasteiger partial charge is 0.316 e. The Morgan fingerprint density at radius 1 is 0.958 bits per heavy atom. The number of fused-ring (bicyclic) bond motifs is 1. The first-order valence-electron chi connectivity index (χ1n) is 7.23. The SMILES string of the molecule is O=c1ccn(-c2ccc(F)cc2)c2cc(-n3ccnc3)c(F)cc12. The summed E-state index contributed by atoms with van der Waals surface area (Å²) in [6.45, 7) is 0. The first kappa shape index (κ1) is 14.3. The standard InChI is InChI=1S/C18H11F2N3O/c19-12-1-3-13(4-2-12)23-7-5-18(24)14-9-15(20)17(10-16(14)23)22-8-6-21-11-22/h1-11H. The summed E-state index contributed by atoms with van der Waals surface area (Å²) in [6, 6.07) is 10.0. The molecule has 2 heterocycles. The van der Waals surface area contributed by atoms with Gasteiger partial charge in [0.25, 0.3) is 0 Å². The van der Waals surface area contributed by atoms with Crippen LogP contribution in [-0.4, -0.2) is 14.1 Å². The van der Waals surface area contributed by atoms with Gasteiger partial charge in [0, 0.05) is 35.7 Å². The number of hydrogen-bond donors (Lipinski definition) is 0. The van der Waals surface area contributed by atoms with Crippen LogP contribution in [0.4, 0.5) is 8.78 Å². The van der Waals surface area contributed by atoms with Gasteiger partial charge in [-0.1, -0.05) is 0 Å². The van der Waals surface area contributed by atoms with Crippen LogP contribution in [0.2, 0.25) is 0 Å². The third-order valence-corrected chi connectivity index (χ3v) is 3.85. The number of rotatable bonds is 2. The lowest BCUT2D eigenvalue weighted by Gasteiger charge is -2.13. The molecule has 2 aromatic heterocycles. The average Bonchev–Trinajstić information content (AvgIpc) is 3.11. The Hall–Kier alpha value is -3.28. The Balaban J connectivity index is 2.04. The molecule has 2 aromatic carbocycles. The zero-order valence-electron chi connectivity index (χ0n) is 12.4. The van der Waals surface area contributed by atoms with Gasteiger partial charge in [-0.3, -0.25) is 4.79 Å². The summed E-state index contributed by atoms with van der Waals surface area (Å²) in [5.41, 5.74) is 1.20. The molecule has 118 valence electrons. The summed E-state index contributed by atoms with van der Waals surface area (Å²) in [5.74, 6) is -0.872. The highest BCUT2D eigenvalue weighted by Gasteiger charge is 2.12. The minimum atomic E-state index is -0.519. The second-order valence-corrected chi connectivity index (χ2v) is 5.32. The summed E-state index contributed by atoms with van der Waals surface area (Å²) in [4.78, 5) is 16.0. The second-order valence-electron chi connectivity index (χ2n) is 5.32. The Labute approximate surface area is 135 Å². The highest BCUT2D eigenvalue weighted by atomic mass is 19.1. The fourth-order valence-corrected chi connectivity index (χ4v) is 2.69. The van der Waals surface area contributed by atoms with Gasteiger partial charge < -0.3 is 9.13 Å². The summed E-state index contributed by atoms with van der Waals surface area (Å²) in [7, 11) is 0. The Kier molecular flexibility index (Phi) is 3.23. The number of imidazole rings is 1. The van der Waals surface area contributed by atoms with Crippen molar-refractivity contribution in [3.05, 3.63) is 89.2 Å². The quantitative estimate of drug-likeness (QED) is 0.567. The highest BCUT2D eigenvalue weighted by molar-refractivity contribution is 5.83. The van der Waals surface area contributed by atoms with Gasteiger partial charge in [0.1, 0.15) is 11.6 Å². The lowest BCUT2D eigenvalue weighted by molar-refractivity contribution is 0.619. The van der Waals surface area contributed by atoms with E-state index in [0.717, 1.165) is 0 Å². The molecule has 0 fully saturated rings. The smallest absolute Gasteiger partial charge is 0.189 e. The number of halogens is 2. The molecule has 0 N–H and O–H groups in total. The van der Waals surface area contributed by atoms with E-state index in [4.69, 9.17) is 0 Å². The van der Waals surface area contributed by atoms with Crippen molar-refractivity contribution in [1.82, 2.24) is 14.1 Å². The molecule has 0 atom stereocenters. The van der Waals surface area contributed by atoms with Gasteiger partial charge in [0.05, 0.1) is 17.5 Å². The number of hydrogen-bond acceptors (Lipinski definition) is 2. The Bertz CT molecular complexity index is 1080. The van der Waals surface area contributed by atoms with Crippen molar-refractivity contribution in [3.8, 4) is 11.4 Å². The lowest BCUT2D eigenvalue weighted by atomic mass is 10.1. The number of pyridine rings is 1. The molecule has 24 heavy (non-hydrogen) atoms. The third kappa shape index (κ3) is 2.28. The van der Waals surface area contributed by atoms with Crippen LogP contribution < -0.4 is 5.43 Å². The van der Waals surface area contributed by atoms with Gasteiger partial charge in [0.2, 0.25) is 0 Å². The molecule has 0 radical (unpaired) electrons. The zero-order valence-corrected chi connectivity index (χ0v) is 12.4. The summed E-state index contributed by atoms with van der Waals surface area (Å²) < 4.78 is 30.8. The van der Waals surface area contributed by atoms with Crippen LogP contribution in [0.5, 0.6) is 0 Å². The molecule has 0 unspecified atom stereocenters. The molecule has 0 aliphatic carbocycles. The maximum atomic E-state index is 14.4. The van der Waals surface area contributed by atoms with Gasteiger partial charge in [-0.2, -0.15) is 0 Å². The van der Waals surface area contributed by atoms with Crippen molar-refractivity contribution >= 4 is 10.9 Å². The molecule has 4 nitrogen and oxygen atoms in total. The fourth-order valence-electron chi connectivity index (χ4n) is 2.69. The molecule has 0 saturated carbocycles. The van der Waals surface area contributed by atoms with Gasteiger partial charge >= 0.3 is 0 Å². The van der Waals surface area contributed by atoms with Crippen LogP contribution in [0.3, 0.4) is 0 Å². The minimum absolute atomic E-state index is 0.253. The van der Waals surface area contributed by atoms with Crippen LogP contribution in [0.25, 0.3) is 22.3 Å². The summed E-state index contributed by atoms with van der Waals surface area (Å²) >= 11 is 0. The molecule has 4 rings (SSSR count). The lowest BCUT2D eigenvalue weighted by Crippen LogP contribution is -2.08. The van der Waals surface area contributed by atoms with E-state index in [0.29, 0.717) is 11.2 Å². The minimum Gasteiger partial charge on any atom is -0.316 e. The fraction of sp³-hybridized carbons (Fsp3) is 0. The van der Waals surface area contributed by atoms with E-state index >= 15 is 0 Å². The van der Waals surface area contributed by atoms with Crippen molar-refractivity contribution in [2.45, 2.75) is 0 Å². The Morgan fingerprint density at radius 3 is 2.46 bits per heavy atom. The molecule has 0 aliphatic rings.